The van der Waals surface area contributed by atoms with Gasteiger partial charge < -0.3 is 14.8 Å². The summed E-state index contributed by atoms with van der Waals surface area (Å²) in [5.41, 5.74) is 3.36. The van der Waals surface area contributed by atoms with E-state index in [9.17, 15) is 4.79 Å². The van der Waals surface area contributed by atoms with Crippen LogP contribution in [-0.4, -0.2) is 22.0 Å². The molecule has 158 valence electrons. The molecule has 0 bridgehead atoms. The molecule has 1 aromatic heterocycles. The molecule has 0 aliphatic carbocycles. The highest BCUT2D eigenvalue weighted by molar-refractivity contribution is 6.30. The first kappa shape index (κ1) is 22.0. The molecule has 2 amide bonds. The van der Waals surface area contributed by atoms with E-state index in [-0.39, 0.29) is 6.03 Å². The predicted octanol–water partition coefficient (Wildman–Crippen LogP) is 6.09. The normalized spacial score (nSPS) is 10.7. The molecular formula is C25H30ClN3O. The quantitative estimate of drug-likeness (QED) is 0.393. The highest BCUT2D eigenvalue weighted by Gasteiger charge is 2.15. The summed E-state index contributed by atoms with van der Waals surface area (Å²) in [6.45, 7) is 4.77. The van der Waals surface area contributed by atoms with Crippen LogP contribution in [0, 0.1) is 0 Å². The maximum Gasteiger partial charge on any atom is 0.318 e. The molecule has 4 nitrogen and oxygen atoms in total. The van der Waals surface area contributed by atoms with Crippen molar-refractivity contribution in [3.05, 3.63) is 94.8 Å². The Bertz CT molecular complexity index is 923. The molecule has 0 unspecified atom stereocenters. The lowest BCUT2D eigenvalue weighted by molar-refractivity contribution is 0.192. The number of halogens is 1. The Labute approximate surface area is 184 Å². The van der Waals surface area contributed by atoms with Gasteiger partial charge in [0, 0.05) is 36.5 Å². The van der Waals surface area contributed by atoms with Crippen LogP contribution in [-0.2, 0) is 19.6 Å². The molecule has 0 aliphatic heterocycles. The SMILES string of the molecule is CCCCCN(Cc1cccn1Cc1cccc(Cl)c1)C(=O)NCc1ccccc1. The van der Waals surface area contributed by atoms with Gasteiger partial charge in [-0.25, -0.2) is 4.79 Å². The lowest BCUT2D eigenvalue weighted by Crippen LogP contribution is -2.40. The molecule has 30 heavy (non-hydrogen) atoms. The molecule has 3 rings (SSSR count). The van der Waals surface area contributed by atoms with E-state index < -0.39 is 0 Å². The van der Waals surface area contributed by atoms with Crippen molar-refractivity contribution in [2.45, 2.75) is 45.8 Å². The fraction of sp³-hybridized carbons (Fsp3) is 0.320. The van der Waals surface area contributed by atoms with E-state index in [2.05, 4.69) is 35.1 Å². The molecule has 0 aliphatic rings. The number of aromatic nitrogens is 1. The number of hydrogen-bond acceptors (Lipinski definition) is 1. The van der Waals surface area contributed by atoms with Crippen LogP contribution >= 0.6 is 11.6 Å². The van der Waals surface area contributed by atoms with Gasteiger partial charge in [-0.05, 0) is 41.8 Å². The Morgan fingerprint density at radius 2 is 1.80 bits per heavy atom. The van der Waals surface area contributed by atoms with Crippen molar-refractivity contribution in [3.63, 3.8) is 0 Å². The van der Waals surface area contributed by atoms with E-state index in [4.69, 9.17) is 11.6 Å². The smallest absolute Gasteiger partial charge is 0.318 e. The maximum atomic E-state index is 12.9. The van der Waals surface area contributed by atoms with Gasteiger partial charge in [0.05, 0.1) is 6.54 Å². The molecule has 0 atom stereocenters. The molecule has 1 heterocycles. The Morgan fingerprint density at radius 1 is 1.00 bits per heavy atom. The van der Waals surface area contributed by atoms with Gasteiger partial charge in [0.1, 0.15) is 0 Å². The van der Waals surface area contributed by atoms with Crippen LogP contribution in [0.1, 0.15) is 43.0 Å². The minimum absolute atomic E-state index is 0.0227. The van der Waals surface area contributed by atoms with Gasteiger partial charge in [-0.3, -0.25) is 0 Å². The van der Waals surface area contributed by atoms with Gasteiger partial charge in [-0.1, -0.05) is 73.8 Å². The first-order valence-corrected chi connectivity index (χ1v) is 11.0. The Hall–Kier alpha value is -2.72. The van der Waals surface area contributed by atoms with E-state index >= 15 is 0 Å². The number of amides is 2. The molecular weight excluding hydrogens is 394 g/mol. The van der Waals surface area contributed by atoms with Crippen molar-refractivity contribution in [1.82, 2.24) is 14.8 Å². The fourth-order valence-corrected chi connectivity index (χ4v) is 3.68. The third-order valence-electron chi connectivity index (χ3n) is 5.12. The van der Waals surface area contributed by atoms with E-state index in [0.29, 0.717) is 13.1 Å². The van der Waals surface area contributed by atoms with Gasteiger partial charge in [-0.2, -0.15) is 0 Å². The zero-order valence-electron chi connectivity index (χ0n) is 17.6. The van der Waals surface area contributed by atoms with Crippen LogP contribution in [0.3, 0.4) is 0 Å². The monoisotopic (exact) mass is 423 g/mol. The topological polar surface area (TPSA) is 37.3 Å². The molecule has 0 radical (unpaired) electrons. The third-order valence-corrected chi connectivity index (χ3v) is 5.36. The second kappa shape index (κ2) is 11.5. The molecule has 3 aromatic rings. The summed E-state index contributed by atoms with van der Waals surface area (Å²) in [4.78, 5) is 14.9. The number of nitrogens with one attached hydrogen (secondary N) is 1. The second-order valence-electron chi connectivity index (χ2n) is 7.53. The average Bonchev–Trinajstić information content (AvgIpc) is 3.18. The standard InChI is InChI=1S/C25H30ClN3O/c1-2-3-7-15-29(25(30)27-18-21-10-5-4-6-11-21)20-24-14-9-16-28(24)19-22-12-8-13-23(26)17-22/h4-6,8-14,16-17H,2-3,7,15,18-20H2,1H3,(H,27,30). The van der Waals surface area contributed by atoms with Gasteiger partial charge in [-0.15, -0.1) is 0 Å². The van der Waals surface area contributed by atoms with Crippen molar-refractivity contribution in [1.29, 1.82) is 0 Å². The second-order valence-corrected chi connectivity index (χ2v) is 7.97. The number of benzene rings is 2. The summed E-state index contributed by atoms with van der Waals surface area (Å²) in [6.07, 6.45) is 5.31. The Balaban J connectivity index is 1.67. The molecule has 0 fully saturated rings. The largest absolute Gasteiger partial charge is 0.345 e. The van der Waals surface area contributed by atoms with Crippen LogP contribution in [0.4, 0.5) is 4.79 Å². The molecule has 1 N–H and O–H groups in total. The number of unbranched alkanes of at least 4 members (excludes halogenated alkanes) is 2. The van der Waals surface area contributed by atoms with Crippen molar-refractivity contribution in [2.75, 3.05) is 6.54 Å². The number of carbonyl (C=O) groups excluding carboxylic acids is 1. The maximum absolute atomic E-state index is 12.9. The van der Waals surface area contributed by atoms with Crippen LogP contribution in [0.25, 0.3) is 0 Å². The number of rotatable bonds is 10. The van der Waals surface area contributed by atoms with E-state index in [1.807, 2.05) is 59.5 Å². The Kier molecular flexibility index (Phi) is 8.40. The Morgan fingerprint density at radius 3 is 2.57 bits per heavy atom. The van der Waals surface area contributed by atoms with Crippen LogP contribution < -0.4 is 5.32 Å². The van der Waals surface area contributed by atoms with Crippen molar-refractivity contribution in [2.24, 2.45) is 0 Å². The van der Waals surface area contributed by atoms with E-state index in [1.54, 1.807) is 0 Å². The summed E-state index contributed by atoms with van der Waals surface area (Å²) >= 11 is 6.14. The van der Waals surface area contributed by atoms with Crippen LogP contribution in [0.15, 0.2) is 72.9 Å². The lowest BCUT2D eigenvalue weighted by Gasteiger charge is -2.24. The minimum Gasteiger partial charge on any atom is -0.345 e. The van der Waals surface area contributed by atoms with Crippen molar-refractivity contribution < 1.29 is 4.79 Å². The summed E-state index contributed by atoms with van der Waals surface area (Å²) < 4.78 is 2.18. The number of carbonyl (C=O) groups is 1. The molecule has 0 spiro atoms. The molecule has 5 heteroatoms. The first-order chi connectivity index (χ1) is 14.7. The predicted molar refractivity (Wildman–Crippen MR) is 124 cm³/mol. The zero-order valence-corrected chi connectivity index (χ0v) is 18.3. The van der Waals surface area contributed by atoms with Gasteiger partial charge in [0.2, 0.25) is 0 Å². The highest BCUT2D eigenvalue weighted by Crippen LogP contribution is 2.15. The van der Waals surface area contributed by atoms with Gasteiger partial charge >= 0.3 is 6.03 Å². The molecule has 2 aromatic carbocycles. The highest BCUT2D eigenvalue weighted by atomic mass is 35.5. The third kappa shape index (κ3) is 6.67. The fourth-order valence-electron chi connectivity index (χ4n) is 3.47. The number of nitrogens with zero attached hydrogens (tertiary/aromatic N) is 2. The molecule has 0 saturated heterocycles. The van der Waals surface area contributed by atoms with Crippen molar-refractivity contribution in [3.8, 4) is 0 Å². The summed E-state index contributed by atoms with van der Waals surface area (Å²) in [6, 6.07) is 22.0. The minimum atomic E-state index is -0.0227. The molecule has 0 saturated carbocycles. The lowest BCUT2D eigenvalue weighted by atomic mass is 10.2. The van der Waals surface area contributed by atoms with Crippen molar-refractivity contribution >= 4 is 17.6 Å². The van der Waals surface area contributed by atoms with Gasteiger partial charge in [0.15, 0.2) is 0 Å². The first-order valence-electron chi connectivity index (χ1n) is 10.6. The van der Waals surface area contributed by atoms with Gasteiger partial charge in [0.25, 0.3) is 0 Å². The number of hydrogen-bond donors (Lipinski definition) is 1. The number of urea groups is 1. The zero-order chi connectivity index (χ0) is 21.2. The van der Waals surface area contributed by atoms with E-state index in [0.717, 1.165) is 54.2 Å². The summed E-state index contributed by atoms with van der Waals surface area (Å²) in [7, 11) is 0. The average molecular weight is 424 g/mol. The van der Waals surface area contributed by atoms with E-state index in [1.165, 1.54) is 0 Å². The van der Waals surface area contributed by atoms with Crippen LogP contribution in [0.2, 0.25) is 5.02 Å². The summed E-state index contributed by atoms with van der Waals surface area (Å²) in [5, 5.41) is 3.81. The summed E-state index contributed by atoms with van der Waals surface area (Å²) in [5.74, 6) is 0. The van der Waals surface area contributed by atoms with Crippen LogP contribution in [0.5, 0.6) is 0 Å².